The van der Waals surface area contributed by atoms with Gasteiger partial charge in [-0.05, 0) is 55.2 Å². The van der Waals surface area contributed by atoms with Gasteiger partial charge in [-0.25, -0.2) is 0 Å². The Morgan fingerprint density at radius 1 is 1.00 bits per heavy atom. The minimum Gasteiger partial charge on any atom is -0.310 e. The molecule has 3 rings (SSSR count). The third kappa shape index (κ3) is 3.36. The van der Waals surface area contributed by atoms with Gasteiger partial charge in [0.15, 0.2) is 0 Å². The van der Waals surface area contributed by atoms with Gasteiger partial charge in [0, 0.05) is 17.1 Å². The van der Waals surface area contributed by atoms with Crippen molar-refractivity contribution in [2.24, 2.45) is 11.8 Å². The van der Waals surface area contributed by atoms with E-state index in [1.807, 2.05) is 0 Å². The lowest BCUT2D eigenvalue weighted by Gasteiger charge is -2.30. The summed E-state index contributed by atoms with van der Waals surface area (Å²) in [4.78, 5) is 0. The molecule has 0 bridgehead atoms. The van der Waals surface area contributed by atoms with E-state index in [2.05, 4.69) is 45.5 Å². The van der Waals surface area contributed by atoms with E-state index in [0.29, 0.717) is 0 Å². The fraction of sp³-hybridized carbons (Fsp3) is 0.625. The first-order valence-electron chi connectivity index (χ1n) is 7.29. The predicted molar refractivity (Wildman–Crippen MR) is 79.5 cm³/mol. The van der Waals surface area contributed by atoms with Crippen LogP contribution in [0.5, 0.6) is 0 Å². The molecule has 1 aromatic rings. The van der Waals surface area contributed by atoms with Crippen molar-refractivity contribution >= 4 is 15.9 Å². The first-order chi connectivity index (χ1) is 8.81. The maximum atomic E-state index is 3.75. The Morgan fingerprint density at radius 2 is 1.78 bits per heavy atom. The van der Waals surface area contributed by atoms with Crippen LogP contribution in [0.15, 0.2) is 28.7 Å². The second-order valence-corrected chi connectivity index (χ2v) is 6.88. The van der Waals surface area contributed by atoms with Gasteiger partial charge in [-0.3, -0.25) is 0 Å². The number of rotatable bonds is 4. The average Bonchev–Trinajstić information content (AvgIpc) is 3.23. The molecule has 2 aliphatic carbocycles. The van der Waals surface area contributed by atoms with Crippen LogP contribution in [-0.4, -0.2) is 6.04 Å². The summed E-state index contributed by atoms with van der Waals surface area (Å²) in [6.07, 6.45) is 8.72. The highest BCUT2D eigenvalue weighted by atomic mass is 79.9. The van der Waals surface area contributed by atoms with Crippen molar-refractivity contribution in [2.75, 3.05) is 0 Å². The van der Waals surface area contributed by atoms with E-state index in [1.54, 1.807) is 0 Å². The van der Waals surface area contributed by atoms with Crippen LogP contribution in [0.2, 0.25) is 0 Å². The molecule has 0 aliphatic heterocycles. The van der Waals surface area contributed by atoms with Gasteiger partial charge in [0.25, 0.3) is 0 Å². The van der Waals surface area contributed by atoms with Crippen LogP contribution in [0.3, 0.4) is 0 Å². The average molecular weight is 308 g/mol. The van der Waals surface area contributed by atoms with E-state index in [4.69, 9.17) is 0 Å². The minimum atomic E-state index is 0.757. The molecule has 2 aliphatic rings. The topological polar surface area (TPSA) is 12.0 Å². The summed E-state index contributed by atoms with van der Waals surface area (Å²) in [5.74, 6) is 2.11. The largest absolute Gasteiger partial charge is 0.310 e. The maximum Gasteiger partial charge on any atom is 0.0208 e. The Bertz CT molecular complexity index is 383. The highest BCUT2D eigenvalue weighted by Crippen LogP contribution is 2.43. The van der Waals surface area contributed by atoms with Crippen molar-refractivity contribution in [3.05, 3.63) is 34.3 Å². The SMILES string of the molecule is Brc1ccc(CNC2CCCC(C3CC3)C2)cc1. The van der Waals surface area contributed by atoms with Crippen molar-refractivity contribution in [2.45, 2.75) is 51.1 Å². The molecule has 2 fully saturated rings. The third-order valence-electron chi connectivity index (χ3n) is 4.51. The number of hydrogen-bond acceptors (Lipinski definition) is 1. The van der Waals surface area contributed by atoms with Crippen molar-refractivity contribution in [1.29, 1.82) is 0 Å². The Labute approximate surface area is 118 Å². The van der Waals surface area contributed by atoms with Crippen LogP contribution in [0.25, 0.3) is 0 Å². The van der Waals surface area contributed by atoms with E-state index < -0.39 is 0 Å². The van der Waals surface area contributed by atoms with Crippen LogP contribution in [0.4, 0.5) is 0 Å². The summed E-state index contributed by atoms with van der Waals surface area (Å²) in [7, 11) is 0. The quantitative estimate of drug-likeness (QED) is 0.863. The molecule has 0 aromatic heterocycles. The third-order valence-corrected chi connectivity index (χ3v) is 5.04. The molecular formula is C16H22BrN. The molecule has 0 radical (unpaired) electrons. The summed E-state index contributed by atoms with van der Waals surface area (Å²) in [5, 5.41) is 3.75. The molecule has 1 aromatic carbocycles. The monoisotopic (exact) mass is 307 g/mol. The standard InChI is InChI=1S/C16H22BrN/c17-15-8-4-12(5-9-15)11-18-16-3-1-2-14(10-16)13-6-7-13/h4-5,8-9,13-14,16,18H,1-3,6-7,10-11H2. The lowest BCUT2D eigenvalue weighted by molar-refractivity contribution is 0.260. The molecule has 0 spiro atoms. The molecule has 0 amide bonds. The number of halogens is 1. The van der Waals surface area contributed by atoms with Gasteiger partial charge >= 0.3 is 0 Å². The smallest absolute Gasteiger partial charge is 0.0208 e. The summed E-state index contributed by atoms with van der Waals surface area (Å²) in [6.45, 7) is 1.02. The van der Waals surface area contributed by atoms with E-state index in [-0.39, 0.29) is 0 Å². The molecule has 1 nitrogen and oxygen atoms in total. The highest BCUT2D eigenvalue weighted by Gasteiger charge is 2.34. The van der Waals surface area contributed by atoms with Gasteiger partial charge in [0.1, 0.15) is 0 Å². The Morgan fingerprint density at radius 3 is 2.50 bits per heavy atom. The molecule has 18 heavy (non-hydrogen) atoms. The zero-order valence-electron chi connectivity index (χ0n) is 10.9. The van der Waals surface area contributed by atoms with Crippen molar-refractivity contribution in [1.82, 2.24) is 5.32 Å². The summed E-state index contributed by atoms with van der Waals surface area (Å²) < 4.78 is 1.16. The molecule has 2 heteroatoms. The molecule has 1 N–H and O–H groups in total. The fourth-order valence-corrected chi connectivity index (χ4v) is 3.54. The summed E-state index contributed by atoms with van der Waals surface area (Å²) >= 11 is 3.48. The molecular weight excluding hydrogens is 286 g/mol. The lowest BCUT2D eigenvalue weighted by atomic mass is 9.82. The van der Waals surface area contributed by atoms with Gasteiger partial charge in [-0.15, -0.1) is 0 Å². The number of benzene rings is 1. The van der Waals surface area contributed by atoms with Gasteiger partial charge in [0.05, 0.1) is 0 Å². The van der Waals surface area contributed by atoms with Crippen LogP contribution in [0.1, 0.15) is 44.1 Å². The first-order valence-corrected chi connectivity index (χ1v) is 8.08. The van der Waals surface area contributed by atoms with Crippen LogP contribution in [-0.2, 0) is 6.54 Å². The van der Waals surface area contributed by atoms with E-state index in [0.717, 1.165) is 28.9 Å². The first kappa shape index (κ1) is 12.7. The van der Waals surface area contributed by atoms with Crippen molar-refractivity contribution in [3.63, 3.8) is 0 Å². The molecule has 2 atom stereocenters. The second-order valence-electron chi connectivity index (χ2n) is 5.97. The number of nitrogens with one attached hydrogen (secondary N) is 1. The van der Waals surface area contributed by atoms with Gasteiger partial charge in [-0.2, -0.15) is 0 Å². The predicted octanol–water partition coefficient (Wildman–Crippen LogP) is 4.51. The Kier molecular flexibility index (Phi) is 4.05. The van der Waals surface area contributed by atoms with Crippen LogP contribution in [0, 0.1) is 11.8 Å². The van der Waals surface area contributed by atoms with Crippen molar-refractivity contribution in [3.8, 4) is 0 Å². The Hall–Kier alpha value is -0.340. The van der Waals surface area contributed by atoms with Gasteiger partial charge < -0.3 is 5.32 Å². The lowest BCUT2D eigenvalue weighted by Crippen LogP contribution is -2.34. The highest BCUT2D eigenvalue weighted by molar-refractivity contribution is 9.10. The van der Waals surface area contributed by atoms with Gasteiger partial charge in [0.2, 0.25) is 0 Å². The van der Waals surface area contributed by atoms with E-state index in [1.165, 1.54) is 44.1 Å². The Balaban J connectivity index is 1.48. The molecule has 2 unspecified atom stereocenters. The number of hydrogen-bond donors (Lipinski definition) is 1. The fourth-order valence-electron chi connectivity index (χ4n) is 3.27. The van der Waals surface area contributed by atoms with Crippen LogP contribution >= 0.6 is 15.9 Å². The van der Waals surface area contributed by atoms with Crippen molar-refractivity contribution < 1.29 is 0 Å². The molecule has 2 saturated carbocycles. The van der Waals surface area contributed by atoms with Crippen LogP contribution < -0.4 is 5.32 Å². The van der Waals surface area contributed by atoms with E-state index in [9.17, 15) is 0 Å². The van der Waals surface area contributed by atoms with Gasteiger partial charge in [-0.1, -0.05) is 40.9 Å². The summed E-state index contributed by atoms with van der Waals surface area (Å²) in [5.41, 5.74) is 1.40. The maximum absolute atomic E-state index is 3.75. The second kappa shape index (κ2) is 5.75. The molecule has 0 saturated heterocycles. The minimum absolute atomic E-state index is 0.757. The molecule has 0 heterocycles. The van der Waals surface area contributed by atoms with E-state index >= 15 is 0 Å². The zero-order chi connectivity index (χ0) is 12.4. The zero-order valence-corrected chi connectivity index (χ0v) is 12.5. The summed E-state index contributed by atoms with van der Waals surface area (Å²) in [6, 6.07) is 9.43. The normalized spacial score (nSPS) is 28.3. The molecule has 98 valence electrons.